The monoisotopic (exact) mass is 252 g/mol. The molecular formula is C11H16N4O3. The zero-order chi connectivity index (χ0) is 13.9. The summed E-state index contributed by atoms with van der Waals surface area (Å²) in [5, 5.41) is 17.4. The largest absolute Gasteiger partial charge is 0.539 e. The van der Waals surface area contributed by atoms with Crippen molar-refractivity contribution in [2.45, 2.75) is 25.9 Å². The molecule has 1 aromatic rings. The molecule has 1 aromatic heterocycles. The maximum absolute atomic E-state index is 11.8. The molecule has 0 saturated heterocycles. The van der Waals surface area contributed by atoms with Gasteiger partial charge < -0.3 is 19.8 Å². The number of urea groups is 1. The number of nitrogens with zero attached hydrogens (tertiary/aromatic N) is 3. The van der Waals surface area contributed by atoms with Gasteiger partial charge in [0.25, 0.3) is 5.69 Å². The normalized spacial score (nSPS) is 10.8. The molecule has 0 aromatic carbocycles. The number of carbonyl (C=O) groups excluding carboxylic acids is 1. The summed E-state index contributed by atoms with van der Waals surface area (Å²) >= 11 is 0. The van der Waals surface area contributed by atoms with E-state index in [1.807, 2.05) is 0 Å². The molecule has 0 fully saturated rings. The summed E-state index contributed by atoms with van der Waals surface area (Å²) in [6.45, 7) is 3.50. The maximum Gasteiger partial charge on any atom is 0.318 e. The van der Waals surface area contributed by atoms with Crippen molar-refractivity contribution >= 4 is 6.03 Å². The third-order valence-corrected chi connectivity index (χ3v) is 2.39. The van der Waals surface area contributed by atoms with Crippen molar-refractivity contribution in [3.05, 3.63) is 5.69 Å². The van der Waals surface area contributed by atoms with E-state index in [-0.39, 0.29) is 18.3 Å². The van der Waals surface area contributed by atoms with E-state index in [1.54, 1.807) is 27.9 Å². The molecule has 0 aliphatic carbocycles. The van der Waals surface area contributed by atoms with E-state index in [9.17, 15) is 9.90 Å². The number of hydrogen-bond donors (Lipinski definition) is 1. The van der Waals surface area contributed by atoms with Crippen LogP contribution in [0.2, 0.25) is 0 Å². The zero-order valence-corrected chi connectivity index (χ0v) is 10.9. The molecule has 18 heavy (non-hydrogen) atoms. The van der Waals surface area contributed by atoms with E-state index < -0.39 is 11.5 Å². The van der Waals surface area contributed by atoms with Gasteiger partial charge in [-0.1, -0.05) is 10.6 Å². The lowest BCUT2D eigenvalue weighted by molar-refractivity contribution is -0.746. The number of aromatic nitrogens is 2. The van der Waals surface area contributed by atoms with E-state index in [0.29, 0.717) is 0 Å². The topological polar surface area (TPSA) is 85.3 Å². The molecule has 98 valence electrons. The van der Waals surface area contributed by atoms with Gasteiger partial charge in [0, 0.05) is 7.05 Å². The summed E-state index contributed by atoms with van der Waals surface area (Å²) in [6.07, 6.45) is 5.28. The molecule has 0 atom stereocenters. The Balaban J connectivity index is 2.70. The van der Waals surface area contributed by atoms with Gasteiger partial charge in [-0.25, -0.2) is 4.79 Å². The number of carbonyl (C=O) groups is 1. The molecule has 2 amide bonds. The standard InChI is InChI=1S/C11H16N4O3/c1-6-11(2,3)12-10(17)14(4)7-8-9(16)18-13-15(8)5/h1H,7H2,2-5H3,(H-,12,13,16,17). The molecule has 1 rings (SSSR count). The summed E-state index contributed by atoms with van der Waals surface area (Å²) in [6, 6.07) is -0.376. The number of terminal acetylenes is 1. The Kier molecular flexibility index (Phi) is 3.81. The minimum absolute atomic E-state index is 0.0886. The molecule has 0 radical (unpaired) electrons. The quantitative estimate of drug-likeness (QED) is 0.559. The van der Waals surface area contributed by atoms with Crippen LogP contribution in [0.3, 0.4) is 0 Å². The second-order valence-corrected chi connectivity index (χ2v) is 4.49. The molecule has 7 heteroatoms. The van der Waals surface area contributed by atoms with Crippen molar-refractivity contribution in [3.8, 4) is 18.3 Å². The van der Waals surface area contributed by atoms with Crippen LogP contribution in [-0.2, 0) is 13.6 Å². The number of hydrogen-bond acceptors (Lipinski definition) is 4. The van der Waals surface area contributed by atoms with E-state index >= 15 is 0 Å². The van der Waals surface area contributed by atoms with Crippen molar-refractivity contribution < 1.29 is 19.1 Å². The fraction of sp³-hybridized carbons (Fsp3) is 0.545. The first-order chi connectivity index (χ1) is 8.26. The molecule has 0 unspecified atom stereocenters. The smallest absolute Gasteiger partial charge is 0.318 e. The van der Waals surface area contributed by atoms with Gasteiger partial charge in [-0.2, -0.15) is 0 Å². The molecule has 7 nitrogen and oxygen atoms in total. The van der Waals surface area contributed by atoms with E-state index in [2.05, 4.69) is 21.0 Å². The van der Waals surface area contributed by atoms with Gasteiger partial charge in [0.05, 0.1) is 10.8 Å². The van der Waals surface area contributed by atoms with Crippen molar-refractivity contribution in [1.29, 1.82) is 0 Å². The Morgan fingerprint density at radius 2 is 2.33 bits per heavy atom. The lowest BCUT2D eigenvalue weighted by atomic mass is 10.1. The fourth-order valence-electron chi connectivity index (χ4n) is 1.19. The van der Waals surface area contributed by atoms with Crippen LogP contribution >= 0.6 is 0 Å². The van der Waals surface area contributed by atoms with Gasteiger partial charge in [-0.05, 0) is 13.8 Å². The lowest BCUT2D eigenvalue weighted by Gasteiger charge is -2.24. The highest BCUT2D eigenvalue weighted by atomic mass is 16.6. The first kappa shape index (κ1) is 13.8. The third-order valence-electron chi connectivity index (χ3n) is 2.39. The van der Waals surface area contributed by atoms with Crippen LogP contribution in [0.15, 0.2) is 4.52 Å². The number of rotatable bonds is 3. The summed E-state index contributed by atoms with van der Waals surface area (Å²) in [7, 11) is 3.12. The highest BCUT2D eigenvalue weighted by molar-refractivity contribution is 5.75. The molecular weight excluding hydrogens is 236 g/mol. The molecule has 0 bridgehead atoms. The van der Waals surface area contributed by atoms with Crippen LogP contribution in [0.1, 0.15) is 19.5 Å². The Hall–Kier alpha value is -2.23. The van der Waals surface area contributed by atoms with Gasteiger partial charge in [0.15, 0.2) is 13.0 Å². The van der Waals surface area contributed by atoms with Gasteiger partial charge in [0.2, 0.25) is 0 Å². The van der Waals surface area contributed by atoms with Gasteiger partial charge in [-0.15, -0.1) is 6.42 Å². The van der Waals surface area contributed by atoms with Crippen LogP contribution in [0.25, 0.3) is 0 Å². The summed E-state index contributed by atoms with van der Waals surface area (Å²) in [4.78, 5) is 13.1. The van der Waals surface area contributed by atoms with Crippen LogP contribution in [0.4, 0.5) is 4.79 Å². The number of amides is 2. The third kappa shape index (κ3) is 3.13. The van der Waals surface area contributed by atoms with Crippen LogP contribution in [0.5, 0.6) is 5.95 Å². The van der Waals surface area contributed by atoms with Crippen molar-refractivity contribution in [2.24, 2.45) is 7.05 Å². The van der Waals surface area contributed by atoms with E-state index in [0.717, 1.165) is 0 Å². The van der Waals surface area contributed by atoms with E-state index in [4.69, 9.17) is 6.42 Å². The fourth-order valence-corrected chi connectivity index (χ4v) is 1.19. The average Bonchev–Trinajstić information content (AvgIpc) is 2.60. The minimum atomic E-state index is -0.748. The summed E-state index contributed by atoms with van der Waals surface area (Å²) in [5.41, 5.74) is -0.464. The maximum atomic E-state index is 11.8. The highest BCUT2D eigenvalue weighted by Crippen LogP contribution is 2.09. The van der Waals surface area contributed by atoms with Crippen LogP contribution < -0.4 is 15.1 Å². The van der Waals surface area contributed by atoms with Crippen LogP contribution in [-0.4, -0.2) is 28.8 Å². The first-order valence-corrected chi connectivity index (χ1v) is 5.30. The van der Waals surface area contributed by atoms with Crippen molar-refractivity contribution in [2.75, 3.05) is 7.05 Å². The Bertz CT molecular complexity index is 467. The molecule has 0 aliphatic heterocycles. The molecule has 0 saturated carbocycles. The molecule has 1 heterocycles. The molecule has 0 aliphatic rings. The molecule has 1 N–H and O–H groups in total. The van der Waals surface area contributed by atoms with Crippen molar-refractivity contribution in [1.82, 2.24) is 15.5 Å². The Morgan fingerprint density at radius 1 is 1.72 bits per heavy atom. The number of aryl methyl sites for hydroxylation is 1. The predicted molar refractivity (Wildman–Crippen MR) is 60.0 cm³/mol. The second kappa shape index (κ2) is 4.96. The van der Waals surface area contributed by atoms with E-state index in [1.165, 1.54) is 9.58 Å². The second-order valence-electron chi connectivity index (χ2n) is 4.49. The Labute approximate surface area is 105 Å². The average molecular weight is 252 g/mol. The van der Waals surface area contributed by atoms with Crippen LogP contribution in [0, 0.1) is 12.3 Å². The zero-order valence-electron chi connectivity index (χ0n) is 10.9. The van der Waals surface area contributed by atoms with Gasteiger partial charge >= 0.3 is 6.03 Å². The SMILES string of the molecule is C#CC(C)(C)NC(=O)N(C)Cc1c([O-])on[n+]1C. The predicted octanol–water partition coefficient (Wildman–Crippen LogP) is -0.874. The molecule has 0 spiro atoms. The highest BCUT2D eigenvalue weighted by Gasteiger charge is 2.23. The summed E-state index contributed by atoms with van der Waals surface area (Å²) in [5.74, 6) is 1.89. The minimum Gasteiger partial charge on any atom is -0.539 e. The van der Waals surface area contributed by atoms with Crippen molar-refractivity contribution in [3.63, 3.8) is 0 Å². The van der Waals surface area contributed by atoms with Gasteiger partial charge in [-0.3, -0.25) is 0 Å². The first-order valence-electron chi connectivity index (χ1n) is 5.30. The lowest BCUT2D eigenvalue weighted by Crippen LogP contribution is -2.49. The van der Waals surface area contributed by atoms with Gasteiger partial charge in [0.1, 0.15) is 6.54 Å². The summed E-state index contributed by atoms with van der Waals surface area (Å²) < 4.78 is 5.75. The number of nitrogens with one attached hydrogen (secondary N) is 1. The Morgan fingerprint density at radius 3 is 2.78 bits per heavy atom.